The average Bonchev–Trinajstić information content (AvgIpc) is 2.30. The monoisotopic (exact) mass is 220 g/mol. The van der Waals surface area contributed by atoms with E-state index in [4.69, 9.17) is 4.74 Å². The number of rotatable bonds is 1. The summed E-state index contributed by atoms with van der Waals surface area (Å²) in [4.78, 5) is 26.2. The number of ether oxygens (including phenoxy) is 2. The van der Waals surface area contributed by atoms with Gasteiger partial charge in [0.1, 0.15) is 11.4 Å². The number of methoxy groups -OCH3 is 1. The highest BCUT2D eigenvalue weighted by Crippen LogP contribution is 2.27. The van der Waals surface area contributed by atoms with Crippen molar-refractivity contribution in [2.75, 3.05) is 12.4 Å². The highest BCUT2D eigenvalue weighted by atomic mass is 16.5. The van der Waals surface area contributed by atoms with Crippen molar-refractivity contribution in [1.29, 1.82) is 0 Å². The Morgan fingerprint density at radius 2 is 2.44 bits per heavy atom. The van der Waals surface area contributed by atoms with Gasteiger partial charge in [0, 0.05) is 6.20 Å². The highest BCUT2D eigenvalue weighted by Gasteiger charge is 2.23. The lowest BCUT2D eigenvalue weighted by atomic mass is 10.3. The molecule has 2 heterocycles. The minimum Gasteiger partial charge on any atom is -0.466 e. The first kappa shape index (κ1) is 10.2. The van der Waals surface area contributed by atoms with E-state index in [1.165, 1.54) is 13.3 Å². The fourth-order valence-corrected chi connectivity index (χ4v) is 1.18. The fraction of sp³-hybridized carbons (Fsp3) is 0.100. The number of anilines is 1. The summed E-state index contributed by atoms with van der Waals surface area (Å²) in [5.74, 6) is -1.11. The normalized spacial score (nSPS) is 16.1. The third-order valence-electron chi connectivity index (χ3n) is 1.91. The maximum atomic E-state index is 11.4. The van der Waals surface area contributed by atoms with Crippen LogP contribution in [-0.4, -0.2) is 24.0 Å². The Kier molecular flexibility index (Phi) is 2.55. The lowest BCUT2D eigenvalue weighted by Gasteiger charge is -2.17. The second-order valence-corrected chi connectivity index (χ2v) is 2.95. The van der Waals surface area contributed by atoms with Crippen LogP contribution in [0.5, 0.6) is 5.88 Å². The lowest BCUT2D eigenvalue weighted by molar-refractivity contribution is -0.136. The Morgan fingerprint density at radius 1 is 1.62 bits per heavy atom. The topological polar surface area (TPSA) is 77.5 Å². The quantitative estimate of drug-likeness (QED) is 0.547. The number of nitrogens with zero attached hydrogens (tertiary/aromatic N) is 1. The van der Waals surface area contributed by atoms with E-state index in [1.807, 2.05) is 0 Å². The van der Waals surface area contributed by atoms with Crippen LogP contribution in [-0.2, 0) is 14.3 Å². The summed E-state index contributed by atoms with van der Waals surface area (Å²) in [6.07, 6.45) is 2.53. The van der Waals surface area contributed by atoms with E-state index in [1.54, 1.807) is 12.1 Å². The van der Waals surface area contributed by atoms with E-state index in [2.05, 4.69) is 15.0 Å². The van der Waals surface area contributed by atoms with Crippen molar-refractivity contribution < 1.29 is 19.1 Å². The van der Waals surface area contributed by atoms with Crippen LogP contribution >= 0.6 is 0 Å². The minimum atomic E-state index is -0.670. The first-order valence-electron chi connectivity index (χ1n) is 4.44. The molecule has 1 aliphatic rings. The zero-order valence-corrected chi connectivity index (χ0v) is 8.39. The molecule has 16 heavy (non-hydrogen) atoms. The maximum absolute atomic E-state index is 11.4. The van der Waals surface area contributed by atoms with Crippen molar-refractivity contribution in [1.82, 2.24) is 4.98 Å². The predicted molar refractivity (Wildman–Crippen MR) is 53.6 cm³/mol. The largest absolute Gasteiger partial charge is 0.466 e. The second-order valence-electron chi connectivity index (χ2n) is 2.95. The summed E-state index contributed by atoms with van der Waals surface area (Å²) < 4.78 is 9.31. The standard InChI is InChI=1S/C10H8N2O4/c1-15-8(13)5-7-10(14)16-9-6(12-7)3-2-4-11-9/h2-5,12H,1H3. The molecular formula is C10H8N2O4. The van der Waals surface area contributed by atoms with Crippen molar-refractivity contribution in [3.8, 4) is 5.88 Å². The summed E-state index contributed by atoms with van der Waals surface area (Å²) in [5, 5.41) is 2.74. The average molecular weight is 220 g/mol. The molecule has 0 radical (unpaired) electrons. The number of hydrogen-bond acceptors (Lipinski definition) is 6. The molecule has 0 aliphatic carbocycles. The maximum Gasteiger partial charge on any atom is 0.361 e. The summed E-state index contributed by atoms with van der Waals surface area (Å²) in [6, 6.07) is 3.36. The van der Waals surface area contributed by atoms with Crippen LogP contribution in [0.4, 0.5) is 5.69 Å². The Hall–Kier alpha value is -2.37. The van der Waals surface area contributed by atoms with Crippen molar-refractivity contribution >= 4 is 17.6 Å². The lowest BCUT2D eigenvalue weighted by Crippen LogP contribution is -2.24. The van der Waals surface area contributed by atoms with Crippen LogP contribution in [0.25, 0.3) is 0 Å². The van der Waals surface area contributed by atoms with Crippen molar-refractivity contribution in [3.05, 3.63) is 30.1 Å². The van der Waals surface area contributed by atoms with Gasteiger partial charge in [-0.1, -0.05) is 0 Å². The van der Waals surface area contributed by atoms with Gasteiger partial charge >= 0.3 is 11.9 Å². The Morgan fingerprint density at radius 3 is 3.19 bits per heavy atom. The van der Waals surface area contributed by atoms with E-state index < -0.39 is 11.9 Å². The molecule has 2 rings (SSSR count). The highest BCUT2D eigenvalue weighted by molar-refractivity contribution is 6.01. The molecule has 0 unspecified atom stereocenters. The van der Waals surface area contributed by atoms with Crippen LogP contribution in [0.1, 0.15) is 0 Å². The molecule has 1 aliphatic heterocycles. The van der Waals surface area contributed by atoms with Gasteiger partial charge in [-0.2, -0.15) is 0 Å². The number of carbonyl (C=O) groups excluding carboxylic acids is 2. The molecule has 1 aromatic heterocycles. The van der Waals surface area contributed by atoms with Crippen LogP contribution in [0.2, 0.25) is 0 Å². The summed E-state index contributed by atoms with van der Waals surface area (Å²) in [7, 11) is 1.23. The molecule has 0 atom stereocenters. The summed E-state index contributed by atoms with van der Waals surface area (Å²) in [6.45, 7) is 0. The first-order valence-corrected chi connectivity index (χ1v) is 4.44. The molecular weight excluding hydrogens is 212 g/mol. The summed E-state index contributed by atoms with van der Waals surface area (Å²) in [5.41, 5.74) is 0.546. The predicted octanol–water partition coefficient (Wildman–Crippen LogP) is 0.469. The minimum absolute atomic E-state index is 0.0207. The van der Waals surface area contributed by atoms with Crippen LogP contribution < -0.4 is 10.1 Å². The Balaban J connectivity index is 2.31. The molecule has 0 saturated carbocycles. The number of hydrogen-bond donors (Lipinski definition) is 1. The van der Waals surface area contributed by atoms with Gasteiger partial charge in [-0.05, 0) is 12.1 Å². The third kappa shape index (κ3) is 1.85. The van der Waals surface area contributed by atoms with Gasteiger partial charge in [0.15, 0.2) is 0 Å². The fourth-order valence-electron chi connectivity index (χ4n) is 1.18. The molecule has 1 aromatic rings. The van der Waals surface area contributed by atoms with Crippen LogP contribution in [0, 0.1) is 0 Å². The number of nitrogens with one attached hydrogen (secondary N) is 1. The number of esters is 2. The Labute approximate surface area is 90.9 Å². The zero-order chi connectivity index (χ0) is 11.5. The molecule has 6 nitrogen and oxygen atoms in total. The SMILES string of the molecule is COC(=O)C=C1Nc2cccnc2OC1=O. The smallest absolute Gasteiger partial charge is 0.361 e. The number of pyridine rings is 1. The van der Waals surface area contributed by atoms with Crippen LogP contribution in [0.15, 0.2) is 30.1 Å². The third-order valence-corrected chi connectivity index (χ3v) is 1.91. The molecule has 0 fully saturated rings. The van der Waals surface area contributed by atoms with E-state index >= 15 is 0 Å². The van der Waals surface area contributed by atoms with Gasteiger partial charge in [-0.15, -0.1) is 0 Å². The molecule has 6 heteroatoms. The Bertz CT molecular complexity index is 481. The number of fused-ring (bicyclic) bond motifs is 1. The van der Waals surface area contributed by atoms with Gasteiger partial charge in [0.05, 0.1) is 13.2 Å². The van der Waals surface area contributed by atoms with Gasteiger partial charge in [-0.3, -0.25) is 0 Å². The molecule has 82 valence electrons. The molecule has 0 aromatic carbocycles. The summed E-state index contributed by atoms with van der Waals surface area (Å²) >= 11 is 0. The van der Waals surface area contributed by atoms with Crippen molar-refractivity contribution in [2.45, 2.75) is 0 Å². The zero-order valence-electron chi connectivity index (χ0n) is 8.39. The van der Waals surface area contributed by atoms with Gasteiger partial charge < -0.3 is 14.8 Å². The molecule has 1 N–H and O–H groups in total. The number of carbonyl (C=O) groups is 2. The van der Waals surface area contributed by atoms with Crippen LogP contribution in [0.3, 0.4) is 0 Å². The van der Waals surface area contributed by atoms with Gasteiger partial charge in [0.25, 0.3) is 0 Å². The first-order chi connectivity index (χ1) is 7.70. The van der Waals surface area contributed by atoms with E-state index in [0.717, 1.165) is 6.08 Å². The van der Waals surface area contributed by atoms with E-state index in [0.29, 0.717) is 5.69 Å². The number of aromatic nitrogens is 1. The van der Waals surface area contributed by atoms with Crippen molar-refractivity contribution in [3.63, 3.8) is 0 Å². The second kappa shape index (κ2) is 4.01. The molecule has 0 saturated heterocycles. The van der Waals surface area contributed by atoms with E-state index in [9.17, 15) is 9.59 Å². The molecule has 0 spiro atoms. The van der Waals surface area contributed by atoms with Gasteiger partial charge in [0.2, 0.25) is 5.88 Å². The molecule has 0 bridgehead atoms. The van der Waals surface area contributed by atoms with Crippen molar-refractivity contribution in [2.24, 2.45) is 0 Å². The van der Waals surface area contributed by atoms with E-state index in [-0.39, 0.29) is 11.6 Å². The molecule has 0 amide bonds. The van der Waals surface area contributed by atoms with Gasteiger partial charge in [-0.25, -0.2) is 14.6 Å².